The summed E-state index contributed by atoms with van der Waals surface area (Å²) in [5, 5.41) is 0. The first-order valence-corrected chi connectivity index (χ1v) is 2.41. The zero-order valence-electron chi connectivity index (χ0n) is 7.83. The van der Waals surface area contributed by atoms with E-state index in [0.717, 1.165) is 0 Å². The molecular formula is C6H12Cl4O2Zr. The van der Waals surface area contributed by atoms with Crippen LogP contribution >= 0.6 is 0 Å². The van der Waals surface area contributed by atoms with Gasteiger partial charge in [-0.05, 0) is 27.7 Å². The van der Waals surface area contributed by atoms with Gasteiger partial charge in [0.1, 0.15) is 11.6 Å². The van der Waals surface area contributed by atoms with Gasteiger partial charge in [-0.25, -0.2) is 0 Å². The van der Waals surface area contributed by atoms with E-state index < -0.39 is 0 Å². The van der Waals surface area contributed by atoms with Gasteiger partial charge >= 0.3 is 26.2 Å². The maximum atomic E-state index is 9.44. The molecule has 0 amide bonds. The first-order valence-electron chi connectivity index (χ1n) is 2.41. The normalized spacial score (nSPS) is 4.00. The van der Waals surface area contributed by atoms with Gasteiger partial charge in [0.2, 0.25) is 0 Å². The third kappa shape index (κ3) is 906. The Morgan fingerprint density at radius 3 is 0.615 bits per heavy atom. The molecule has 0 heterocycles. The molecule has 2 nitrogen and oxygen atoms in total. The van der Waals surface area contributed by atoms with E-state index >= 15 is 0 Å². The zero-order chi connectivity index (χ0) is 7.15. The van der Waals surface area contributed by atoms with E-state index in [1.54, 1.807) is 0 Å². The van der Waals surface area contributed by atoms with Crippen molar-refractivity contribution in [1.29, 1.82) is 0 Å². The molecule has 0 aliphatic carbocycles. The summed E-state index contributed by atoms with van der Waals surface area (Å²) in [6.07, 6.45) is 0. The van der Waals surface area contributed by atoms with Crippen molar-refractivity contribution in [1.82, 2.24) is 0 Å². The van der Waals surface area contributed by atoms with E-state index in [9.17, 15) is 9.59 Å². The molecular weight excluding hydrogens is 337 g/mol. The molecule has 0 saturated carbocycles. The molecule has 0 aromatic carbocycles. The van der Waals surface area contributed by atoms with Gasteiger partial charge in [0.05, 0.1) is 0 Å². The van der Waals surface area contributed by atoms with Crippen LogP contribution in [0.3, 0.4) is 0 Å². The van der Waals surface area contributed by atoms with Crippen molar-refractivity contribution in [2.45, 2.75) is 27.7 Å². The molecule has 0 spiro atoms. The van der Waals surface area contributed by atoms with E-state index in [0.29, 0.717) is 0 Å². The Labute approximate surface area is 124 Å². The van der Waals surface area contributed by atoms with Crippen molar-refractivity contribution in [3.63, 3.8) is 0 Å². The van der Waals surface area contributed by atoms with Crippen LogP contribution in [0.5, 0.6) is 0 Å². The van der Waals surface area contributed by atoms with Crippen molar-refractivity contribution in [3.8, 4) is 0 Å². The van der Waals surface area contributed by atoms with E-state index in [1.807, 2.05) is 0 Å². The summed E-state index contributed by atoms with van der Waals surface area (Å²) >= 11 is 0. The Hall–Kier alpha value is 1.38. The van der Waals surface area contributed by atoms with Gasteiger partial charge in [0.15, 0.2) is 0 Å². The van der Waals surface area contributed by atoms with E-state index in [-0.39, 0.29) is 87.4 Å². The van der Waals surface area contributed by atoms with Crippen LogP contribution in [0.15, 0.2) is 0 Å². The summed E-state index contributed by atoms with van der Waals surface area (Å²) in [5.41, 5.74) is 0. The van der Waals surface area contributed by atoms with Crippen LogP contribution in [0.2, 0.25) is 0 Å². The second-order valence-corrected chi connectivity index (χ2v) is 1.82. The maximum Gasteiger partial charge on any atom is 4.00 e. The van der Waals surface area contributed by atoms with Gasteiger partial charge in [-0.15, -0.1) is 0 Å². The topological polar surface area (TPSA) is 34.1 Å². The number of rotatable bonds is 0. The molecule has 0 saturated heterocycles. The Bertz CT molecular complexity index is 80.6. The summed E-state index contributed by atoms with van der Waals surface area (Å²) < 4.78 is 0. The number of ketones is 2. The minimum Gasteiger partial charge on any atom is -1.00 e. The monoisotopic (exact) mass is 346 g/mol. The molecule has 7 heteroatoms. The second-order valence-electron chi connectivity index (χ2n) is 1.82. The predicted molar refractivity (Wildman–Crippen MR) is 32.7 cm³/mol. The van der Waals surface area contributed by atoms with Crippen molar-refractivity contribution in [3.05, 3.63) is 0 Å². The molecule has 0 unspecified atom stereocenters. The largest absolute Gasteiger partial charge is 4.00 e. The summed E-state index contributed by atoms with van der Waals surface area (Å²) in [5.74, 6) is 0.333. The Balaban J connectivity index is -0.00000000800. The van der Waals surface area contributed by atoms with Crippen LogP contribution in [-0.2, 0) is 35.8 Å². The van der Waals surface area contributed by atoms with Gasteiger partial charge in [0, 0.05) is 0 Å². The van der Waals surface area contributed by atoms with Gasteiger partial charge < -0.3 is 59.2 Å². The van der Waals surface area contributed by atoms with Crippen LogP contribution in [0, 0.1) is 0 Å². The summed E-state index contributed by atoms with van der Waals surface area (Å²) in [7, 11) is 0. The van der Waals surface area contributed by atoms with Gasteiger partial charge in [-0.1, -0.05) is 0 Å². The fraction of sp³-hybridized carbons (Fsp3) is 0.667. The molecule has 80 valence electrons. The second kappa shape index (κ2) is 37.6. The Morgan fingerprint density at radius 1 is 0.615 bits per heavy atom. The fourth-order valence-electron chi connectivity index (χ4n) is 0. The smallest absolute Gasteiger partial charge is 1.00 e. The molecule has 0 aliphatic heterocycles. The van der Waals surface area contributed by atoms with Crippen LogP contribution < -0.4 is 49.6 Å². The van der Waals surface area contributed by atoms with Crippen LogP contribution in [0.25, 0.3) is 0 Å². The Kier molecular flexibility index (Phi) is 137. The number of Topliss-reactive ketones (excluding diaryl/α,β-unsaturated/α-hetero) is 2. The molecule has 0 aromatic rings. The van der Waals surface area contributed by atoms with Crippen molar-refractivity contribution in [2.24, 2.45) is 0 Å². The van der Waals surface area contributed by atoms with Crippen LogP contribution in [0.4, 0.5) is 0 Å². The quantitative estimate of drug-likeness (QED) is 0.435. The molecule has 0 radical (unpaired) electrons. The first kappa shape index (κ1) is 47.3. The van der Waals surface area contributed by atoms with Gasteiger partial charge in [-0.2, -0.15) is 0 Å². The first-order chi connectivity index (χ1) is 3.46. The summed E-state index contributed by atoms with van der Waals surface area (Å²) in [4.78, 5) is 18.9. The van der Waals surface area contributed by atoms with E-state index in [1.165, 1.54) is 27.7 Å². The van der Waals surface area contributed by atoms with Crippen LogP contribution in [-0.4, -0.2) is 11.6 Å². The predicted octanol–water partition coefficient (Wildman–Crippen LogP) is -10.8. The van der Waals surface area contributed by atoms with E-state index in [2.05, 4.69) is 0 Å². The fourth-order valence-corrected chi connectivity index (χ4v) is 0. The number of hydrogen-bond donors (Lipinski definition) is 0. The molecule has 0 atom stereocenters. The average molecular weight is 349 g/mol. The van der Waals surface area contributed by atoms with Crippen molar-refractivity contribution in [2.75, 3.05) is 0 Å². The molecule has 0 N–H and O–H groups in total. The van der Waals surface area contributed by atoms with E-state index in [4.69, 9.17) is 0 Å². The van der Waals surface area contributed by atoms with Crippen molar-refractivity contribution < 1.29 is 85.4 Å². The summed E-state index contributed by atoms with van der Waals surface area (Å²) in [6, 6.07) is 0. The molecule has 0 fully saturated rings. The SMILES string of the molecule is CC(C)=O.CC(C)=O.[Cl-].[Cl-].[Cl-].[Cl-].[Zr+4]. The average Bonchev–Trinajstić information content (AvgIpc) is 1.25. The minimum atomic E-state index is 0. The number of halogens is 4. The molecule has 13 heavy (non-hydrogen) atoms. The molecule has 0 aliphatic rings. The number of carbonyl (C=O) groups is 2. The molecule has 0 rings (SSSR count). The number of hydrogen-bond acceptors (Lipinski definition) is 2. The van der Waals surface area contributed by atoms with Gasteiger partial charge in [-0.3, -0.25) is 0 Å². The Morgan fingerprint density at radius 2 is 0.615 bits per heavy atom. The molecule has 0 aromatic heterocycles. The van der Waals surface area contributed by atoms with Gasteiger partial charge in [0.25, 0.3) is 0 Å². The number of carbonyl (C=O) groups excluding carboxylic acids is 2. The van der Waals surface area contributed by atoms with Crippen LogP contribution in [0.1, 0.15) is 27.7 Å². The standard InChI is InChI=1S/2C3H6O.4ClH.Zr/c2*1-3(2)4;;;;;/h2*1-2H3;4*1H;/q;;;;;;+4/p-4. The minimum absolute atomic E-state index is 0. The zero-order valence-corrected chi connectivity index (χ0v) is 13.3. The molecule has 0 bridgehead atoms. The third-order valence-corrected chi connectivity index (χ3v) is 0. The maximum absolute atomic E-state index is 9.44. The van der Waals surface area contributed by atoms with Crippen molar-refractivity contribution >= 4 is 11.6 Å². The third-order valence-electron chi connectivity index (χ3n) is 0. The summed E-state index contributed by atoms with van der Waals surface area (Å²) in [6.45, 7) is 6.11.